The summed E-state index contributed by atoms with van der Waals surface area (Å²) in [4.78, 5) is 0. The second-order valence-electron chi connectivity index (χ2n) is 4.33. The first-order valence-electron chi connectivity index (χ1n) is 6.09. The van der Waals surface area contributed by atoms with E-state index in [4.69, 9.17) is 9.47 Å². The van der Waals surface area contributed by atoms with Crippen LogP contribution in [0.4, 0.5) is 0 Å². The molecule has 90 valence electrons. The molecule has 1 saturated heterocycles. The second kappa shape index (κ2) is 6.87. The number of ether oxygens (including phenoxy) is 2. The third-order valence-electron chi connectivity index (χ3n) is 3.20. The Morgan fingerprint density at radius 3 is 2.53 bits per heavy atom. The van der Waals surface area contributed by atoms with Gasteiger partial charge >= 0.3 is 0 Å². The molecule has 2 unspecified atom stereocenters. The zero-order chi connectivity index (χ0) is 11.1. The molecule has 1 heterocycles. The highest BCUT2D eigenvalue weighted by Crippen LogP contribution is 2.37. The van der Waals surface area contributed by atoms with E-state index in [0.717, 1.165) is 31.4 Å². The van der Waals surface area contributed by atoms with Crippen LogP contribution >= 0.6 is 15.9 Å². The van der Waals surface area contributed by atoms with Crippen molar-refractivity contribution in [3.05, 3.63) is 0 Å². The normalized spacial score (nSPS) is 30.2. The molecule has 0 aromatic rings. The predicted octanol–water partition coefficient (Wildman–Crippen LogP) is 3.73. The molecule has 3 heteroatoms. The van der Waals surface area contributed by atoms with Gasteiger partial charge < -0.3 is 9.47 Å². The maximum absolute atomic E-state index is 5.87. The minimum absolute atomic E-state index is 0.241. The molecule has 0 aliphatic carbocycles. The van der Waals surface area contributed by atoms with Gasteiger partial charge in [0, 0.05) is 11.2 Å². The highest BCUT2D eigenvalue weighted by Gasteiger charge is 2.45. The lowest BCUT2D eigenvalue weighted by Gasteiger charge is -2.46. The fourth-order valence-electron chi connectivity index (χ4n) is 1.97. The number of rotatable bonds is 8. The van der Waals surface area contributed by atoms with Crippen LogP contribution in [0.3, 0.4) is 0 Å². The van der Waals surface area contributed by atoms with Crippen molar-refractivity contribution in [1.82, 2.24) is 0 Å². The van der Waals surface area contributed by atoms with Crippen molar-refractivity contribution in [3.8, 4) is 0 Å². The van der Waals surface area contributed by atoms with E-state index in [1.54, 1.807) is 0 Å². The Morgan fingerprint density at radius 1 is 1.33 bits per heavy atom. The lowest BCUT2D eigenvalue weighted by molar-refractivity contribution is -0.344. The third-order valence-corrected chi connectivity index (χ3v) is 3.76. The van der Waals surface area contributed by atoms with E-state index in [1.807, 2.05) is 0 Å². The van der Waals surface area contributed by atoms with Gasteiger partial charge in [0.15, 0.2) is 5.79 Å². The standard InChI is InChI=1S/C12H23BrO2/c1-3-12(11(2)10-15-12)14-9-7-5-4-6-8-13/h11H,3-10H2,1-2H3. The average Bonchev–Trinajstić information content (AvgIpc) is 2.26. The van der Waals surface area contributed by atoms with Gasteiger partial charge in [0.25, 0.3) is 0 Å². The first-order valence-corrected chi connectivity index (χ1v) is 7.21. The van der Waals surface area contributed by atoms with E-state index in [0.29, 0.717) is 5.92 Å². The highest BCUT2D eigenvalue weighted by atomic mass is 79.9. The zero-order valence-corrected chi connectivity index (χ0v) is 11.5. The summed E-state index contributed by atoms with van der Waals surface area (Å²) in [7, 11) is 0. The fourth-order valence-corrected chi connectivity index (χ4v) is 2.36. The van der Waals surface area contributed by atoms with E-state index in [2.05, 4.69) is 29.8 Å². The summed E-state index contributed by atoms with van der Waals surface area (Å²) < 4.78 is 11.5. The van der Waals surface area contributed by atoms with Crippen LogP contribution in [-0.4, -0.2) is 24.3 Å². The summed E-state index contributed by atoms with van der Waals surface area (Å²) in [5, 5.41) is 1.12. The van der Waals surface area contributed by atoms with E-state index in [9.17, 15) is 0 Å². The molecule has 15 heavy (non-hydrogen) atoms. The summed E-state index contributed by atoms with van der Waals surface area (Å²) in [6.07, 6.45) is 5.95. The van der Waals surface area contributed by atoms with E-state index in [1.165, 1.54) is 19.3 Å². The van der Waals surface area contributed by atoms with Gasteiger partial charge in [-0.2, -0.15) is 0 Å². The van der Waals surface area contributed by atoms with Crippen molar-refractivity contribution in [1.29, 1.82) is 0 Å². The number of unbranched alkanes of at least 4 members (excludes halogenated alkanes) is 3. The Labute approximate surface area is 102 Å². The molecule has 0 aromatic heterocycles. The van der Waals surface area contributed by atoms with Crippen LogP contribution < -0.4 is 0 Å². The molecule has 1 rings (SSSR count). The van der Waals surface area contributed by atoms with E-state index < -0.39 is 0 Å². The van der Waals surface area contributed by atoms with Crippen LogP contribution in [0.25, 0.3) is 0 Å². The van der Waals surface area contributed by atoms with Crippen molar-refractivity contribution < 1.29 is 9.47 Å². The Kier molecular flexibility index (Phi) is 6.17. The van der Waals surface area contributed by atoms with Crippen LogP contribution in [-0.2, 0) is 9.47 Å². The molecule has 0 saturated carbocycles. The fraction of sp³-hybridized carbons (Fsp3) is 1.00. The maximum atomic E-state index is 5.87. The lowest BCUT2D eigenvalue weighted by Crippen LogP contribution is -2.53. The van der Waals surface area contributed by atoms with Crippen molar-refractivity contribution in [2.75, 3.05) is 18.5 Å². The largest absolute Gasteiger partial charge is 0.350 e. The average molecular weight is 279 g/mol. The number of alkyl halides is 1. The lowest BCUT2D eigenvalue weighted by atomic mass is 9.93. The minimum Gasteiger partial charge on any atom is -0.350 e. The first-order chi connectivity index (χ1) is 7.25. The number of hydrogen-bond donors (Lipinski definition) is 0. The quantitative estimate of drug-likeness (QED) is 0.498. The molecule has 1 aliphatic heterocycles. The summed E-state index contributed by atoms with van der Waals surface area (Å²) in [6, 6.07) is 0. The molecular formula is C12H23BrO2. The molecule has 0 radical (unpaired) electrons. The summed E-state index contributed by atoms with van der Waals surface area (Å²) in [5.74, 6) is 0.320. The molecule has 2 nitrogen and oxygen atoms in total. The van der Waals surface area contributed by atoms with Crippen LogP contribution in [0.15, 0.2) is 0 Å². The smallest absolute Gasteiger partial charge is 0.172 e. The maximum Gasteiger partial charge on any atom is 0.172 e. The van der Waals surface area contributed by atoms with Gasteiger partial charge in [-0.15, -0.1) is 0 Å². The molecule has 0 bridgehead atoms. The SMILES string of the molecule is CCC1(OCCCCCCBr)OCC1C. The van der Waals surface area contributed by atoms with E-state index >= 15 is 0 Å². The first kappa shape index (κ1) is 13.5. The molecule has 0 spiro atoms. The molecule has 0 amide bonds. The molecule has 0 N–H and O–H groups in total. The third kappa shape index (κ3) is 3.72. The molecular weight excluding hydrogens is 256 g/mol. The summed E-state index contributed by atoms with van der Waals surface area (Å²) >= 11 is 3.44. The van der Waals surface area contributed by atoms with Crippen LogP contribution in [0.2, 0.25) is 0 Å². The monoisotopic (exact) mass is 278 g/mol. The summed E-state index contributed by atoms with van der Waals surface area (Å²) in [6.45, 7) is 6.05. The van der Waals surface area contributed by atoms with Gasteiger partial charge in [-0.05, 0) is 19.3 Å². The molecule has 0 aromatic carbocycles. The van der Waals surface area contributed by atoms with Gasteiger partial charge in [0.1, 0.15) is 0 Å². The zero-order valence-electron chi connectivity index (χ0n) is 9.93. The predicted molar refractivity (Wildman–Crippen MR) is 66.4 cm³/mol. The van der Waals surface area contributed by atoms with Crippen LogP contribution in [0.5, 0.6) is 0 Å². The summed E-state index contributed by atoms with van der Waals surface area (Å²) in [5.41, 5.74) is 0. The van der Waals surface area contributed by atoms with Crippen LogP contribution in [0, 0.1) is 5.92 Å². The Morgan fingerprint density at radius 2 is 2.07 bits per heavy atom. The number of halogens is 1. The van der Waals surface area contributed by atoms with Crippen molar-refractivity contribution in [2.24, 2.45) is 5.92 Å². The molecule has 1 aliphatic rings. The number of hydrogen-bond acceptors (Lipinski definition) is 2. The Bertz CT molecular complexity index is 171. The topological polar surface area (TPSA) is 18.5 Å². The highest BCUT2D eigenvalue weighted by molar-refractivity contribution is 9.09. The van der Waals surface area contributed by atoms with Gasteiger partial charge in [0.05, 0.1) is 13.2 Å². The second-order valence-corrected chi connectivity index (χ2v) is 5.12. The van der Waals surface area contributed by atoms with Crippen molar-refractivity contribution in [3.63, 3.8) is 0 Å². The Balaban J connectivity index is 2.03. The minimum atomic E-state index is -0.241. The van der Waals surface area contributed by atoms with Crippen LogP contribution in [0.1, 0.15) is 46.0 Å². The van der Waals surface area contributed by atoms with Crippen molar-refractivity contribution in [2.45, 2.75) is 51.7 Å². The molecule has 1 fully saturated rings. The molecule has 2 atom stereocenters. The van der Waals surface area contributed by atoms with Gasteiger partial charge in [-0.1, -0.05) is 42.6 Å². The van der Waals surface area contributed by atoms with E-state index in [-0.39, 0.29) is 5.79 Å². The Hall–Kier alpha value is 0.400. The van der Waals surface area contributed by atoms with Gasteiger partial charge in [0.2, 0.25) is 0 Å². The van der Waals surface area contributed by atoms with Crippen molar-refractivity contribution >= 4 is 15.9 Å². The van der Waals surface area contributed by atoms with Gasteiger partial charge in [-0.3, -0.25) is 0 Å². The van der Waals surface area contributed by atoms with Gasteiger partial charge in [-0.25, -0.2) is 0 Å².